The molecule has 0 aliphatic heterocycles. The van der Waals surface area contributed by atoms with E-state index in [1.165, 1.54) is 15.3 Å². The molecule has 0 radical (unpaired) electrons. The summed E-state index contributed by atoms with van der Waals surface area (Å²) < 4.78 is 30.1. The van der Waals surface area contributed by atoms with Crippen LogP contribution in [-0.2, 0) is 16.6 Å². The number of nitrogens with zero attached hydrogens (tertiary/aromatic N) is 5. The third-order valence-electron chi connectivity index (χ3n) is 2.81. The fraction of sp³-hybridized carbons (Fsp3) is 0.182. The molecule has 0 bridgehead atoms. The zero-order chi connectivity index (χ0) is 14.9. The van der Waals surface area contributed by atoms with Crippen molar-refractivity contribution in [2.24, 2.45) is 0 Å². The largest absolute Gasteiger partial charge is 0.288 e. The Morgan fingerprint density at radius 2 is 2.14 bits per heavy atom. The lowest BCUT2D eigenvalue weighted by atomic mass is 10.5. The number of hydrogen-bond donors (Lipinski definition) is 1. The Labute approximate surface area is 125 Å². The van der Waals surface area contributed by atoms with E-state index in [1.54, 1.807) is 30.6 Å². The van der Waals surface area contributed by atoms with Crippen LogP contribution in [0.3, 0.4) is 0 Å². The van der Waals surface area contributed by atoms with Gasteiger partial charge in [-0.1, -0.05) is 22.9 Å². The van der Waals surface area contributed by atoms with E-state index in [1.807, 2.05) is 0 Å². The van der Waals surface area contributed by atoms with Crippen LogP contribution in [0.5, 0.6) is 0 Å². The van der Waals surface area contributed by atoms with Gasteiger partial charge in [-0.2, -0.15) is 0 Å². The van der Waals surface area contributed by atoms with Gasteiger partial charge in [0.1, 0.15) is 5.65 Å². The quantitative estimate of drug-likeness (QED) is 0.739. The topological polar surface area (TPSA) is 94.2 Å². The number of aromatic nitrogens is 5. The molecule has 0 saturated carbocycles. The first-order valence-corrected chi connectivity index (χ1v) is 7.90. The number of pyridine rings is 1. The van der Waals surface area contributed by atoms with Crippen molar-refractivity contribution in [3.8, 4) is 0 Å². The number of rotatable bonds is 5. The third-order valence-corrected chi connectivity index (χ3v) is 4.66. The number of sulfonamides is 1. The van der Waals surface area contributed by atoms with Gasteiger partial charge in [0.05, 0.1) is 12.7 Å². The summed E-state index contributed by atoms with van der Waals surface area (Å²) in [4.78, 5) is 4.02. The number of nitrogens with one attached hydrogen (secondary N) is 1. The van der Waals surface area contributed by atoms with Gasteiger partial charge in [0.2, 0.25) is 0 Å². The molecule has 0 aliphatic rings. The second kappa shape index (κ2) is 5.43. The first kappa shape index (κ1) is 14.0. The normalized spacial score (nSPS) is 12.0. The van der Waals surface area contributed by atoms with E-state index in [2.05, 4.69) is 20.0 Å². The highest BCUT2D eigenvalue weighted by Gasteiger charge is 2.23. The standard InChI is InChI=1S/C11H11ClN6O2S/c12-10-11(18-6-2-1-3-9(18)15-10)21(19,20)14-5-8-17-7-4-13-16-17/h1-4,6-7,14H,5,8H2. The molecule has 0 spiro atoms. The molecule has 0 fully saturated rings. The first-order chi connectivity index (χ1) is 10.1. The average Bonchev–Trinajstić information content (AvgIpc) is 3.04. The zero-order valence-electron chi connectivity index (χ0n) is 10.7. The fourth-order valence-corrected chi connectivity index (χ4v) is 3.56. The molecule has 3 heterocycles. The summed E-state index contributed by atoms with van der Waals surface area (Å²) in [7, 11) is -3.77. The van der Waals surface area contributed by atoms with Gasteiger partial charge >= 0.3 is 0 Å². The maximum absolute atomic E-state index is 12.4. The van der Waals surface area contributed by atoms with Crippen molar-refractivity contribution in [1.82, 2.24) is 29.1 Å². The Kier molecular flexibility index (Phi) is 3.62. The molecule has 8 nitrogen and oxygen atoms in total. The van der Waals surface area contributed by atoms with Gasteiger partial charge in [0.15, 0.2) is 10.2 Å². The summed E-state index contributed by atoms with van der Waals surface area (Å²) in [6, 6.07) is 5.15. The van der Waals surface area contributed by atoms with Gasteiger partial charge < -0.3 is 0 Å². The Bertz CT molecular complexity index is 858. The van der Waals surface area contributed by atoms with Crippen molar-refractivity contribution in [3.05, 3.63) is 41.9 Å². The molecule has 0 aromatic carbocycles. The van der Waals surface area contributed by atoms with Gasteiger partial charge in [-0.25, -0.2) is 18.1 Å². The SMILES string of the molecule is O=S(=O)(NCCn1ccnn1)c1c(Cl)nc2ccccn12. The maximum Gasteiger partial charge on any atom is 0.259 e. The number of imidazole rings is 1. The smallest absolute Gasteiger partial charge is 0.259 e. The Hall–Kier alpha value is -1.97. The van der Waals surface area contributed by atoms with Crippen LogP contribution in [0.1, 0.15) is 0 Å². The first-order valence-electron chi connectivity index (χ1n) is 6.04. The molecule has 110 valence electrons. The molecule has 0 unspecified atom stereocenters. The van der Waals surface area contributed by atoms with Gasteiger partial charge in [-0.05, 0) is 12.1 Å². The predicted molar refractivity (Wildman–Crippen MR) is 75.4 cm³/mol. The maximum atomic E-state index is 12.4. The van der Waals surface area contributed by atoms with E-state index >= 15 is 0 Å². The highest BCUT2D eigenvalue weighted by atomic mass is 35.5. The lowest BCUT2D eigenvalue weighted by Gasteiger charge is -2.06. The Morgan fingerprint density at radius 3 is 2.90 bits per heavy atom. The number of fused-ring (bicyclic) bond motifs is 1. The second-order valence-corrected chi connectivity index (χ2v) is 6.24. The number of hydrogen-bond acceptors (Lipinski definition) is 5. The average molecular weight is 327 g/mol. The minimum Gasteiger partial charge on any atom is -0.288 e. The Balaban J connectivity index is 1.84. The van der Waals surface area contributed by atoms with Crippen LogP contribution in [-0.4, -0.2) is 39.3 Å². The van der Waals surface area contributed by atoms with Crippen LogP contribution in [0, 0.1) is 0 Å². The van der Waals surface area contributed by atoms with Crippen molar-refractivity contribution in [1.29, 1.82) is 0 Å². The van der Waals surface area contributed by atoms with Crippen molar-refractivity contribution in [3.63, 3.8) is 0 Å². The van der Waals surface area contributed by atoms with Crippen LogP contribution in [0.4, 0.5) is 0 Å². The van der Waals surface area contributed by atoms with Crippen molar-refractivity contribution in [2.75, 3.05) is 6.54 Å². The summed E-state index contributed by atoms with van der Waals surface area (Å²) in [5, 5.41) is 7.27. The van der Waals surface area contributed by atoms with E-state index in [4.69, 9.17) is 11.6 Å². The van der Waals surface area contributed by atoms with Crippen molar-refractivity contribution in [2.45, 2.75) is 11.6 Å². The third kappa shape index (κ3) is 2.75. The zero-order valence-corrected chi connectivity index (χ0v) is 12.3. The second-order valence-electron chi connectivity index (χ2n) is 4.20. The summed E-state index contributed by atoms with van der Waals surface area (Å²) in [6.45, 7) is 0.537. The van der Waals surface area contributed by atoms with E-state index < -0.39 is 10.0 Å². The van der Waals surface area contributed by atoms with Gasteiger partial charge in [-0.3, -0.25) is 9.08 Å². The molecule has 1 N–H and O–H groups in total. The van der Waals surface area contributed by atoms with Crippen molar-refractivity contribution < 1.29 is 8.42 Å². The highest BCUT2D eigenvalue weighted by Crippen LogP contribution is 2.22. The lowest BCUT2D eigenvalue weighted by Crippen LogP contribution is -2.28. The summed E-state index contributed by atoms with van der Waals surface area (Å²) in [6.07, 6.45) is 4.77. The lowest BCUT2D eigenvalue weighted by molar-refractivity contribution is 0.550. The predicted octanol–water partition coefficient (Wildman–Crippen LogP) is 0.558. The van der Waals surface area contributed by atoms with Crippen LogP contribution in [0.25, 0.3) is 5.65 Å². The van der Waals surface area contributed by atoms with Crippen LogP contribution >= 0.6 is 11.6 Å². The molecule has 10 heteroatoms. The van der Waals surface area contributed by atoms with Crippen molar-refractivity contribution >= 4 is 27.3 Å². The fourth-order valence-electron chi connectivity index (χ4n) is 1.90. The number of halogens is 1. The van der Waals surface area contributed by atoms with E-state index in [9.17, 15) is 8.42 Å². The van der Waals surface area contributed by atoms with Gasteiger partial charge in [-0.15, -0.1) is 5.10 Å². The molecule has 3 aromatic heterocycles. The Morgan fingerprint density at radius 1 is 1.29 bits per heavy atom. The molecule has 3 rings (SSSR count). The van der Waals surface area contributed by atoms with E-state index in [0.29, 0.717) is 12.2 Å². The van der Waals surface area contributed by atoms with E-state index in [-0.39, 0.29) is 16.7 Å². The van der Waals surface area contributed by atoms with Crippen LogP contribution in [0.15, 0.2) is 41.8 Å². The van der Waals surface area contributed by atoms with E-state index in [0.717, 1.165) is 0 Å². The molecular formula is C11H11ClN6O2S. The molecule has 21 heavy (non-hydrogen) atoms. The minimum atomic E-state index is -3.77. The minimum absolute atomic E-state index is 0.0607. The molecule has 0 amide bonds. The molecular weight excluding hydrogens is 316 g/mol. The monoisotopic (exact) mass is 326 g/mol. The van der Waals surface area contributed by atoms with Crippen LogP contribution < -0.4 is 4.72 Å². The molecule has 0 atom stereocenters. The van der Waals surface area contributed by atoms with Crippen LogP contribution in [0.2, 0.25) is 5.15 Å². The highest BCUT2D eigenvalue weighted by molar-refractivity contribution is 7.89. The summed E-state index contributed by atoms with van der Waals surface area (Å²) in [5.41, 5.74) is 0.471. The molecule has 0 aliphatic carbocycles. The summed E-state index contributed by atoms with van der Waals surface area (Å²) in [5.74, 6) is 0. The van der Waals surface area contributed by atoms with Gasteiger partial charge in [0.25, 0.3) is 10.0 Å². The molecule has 3 aromatic rings. The van der Waals surface area contributed by atoms with Gasteiger partial charge in [0, 0.05) is 18.9 Å². The molecule has 0 saturated heterocycles. The summed E-state index contributed by atoms with van der Waals surface area (Å²) >= 11 is 5.95.